The zero-order valence-electron chi connectivity index (χ0n) is 13.1. The second kappa shape index (κ2) is 6.23. The number of nitrogens with two attached hydrogens (primary N) is 1. The van der Waals surface area contributed by atoms with Crippen LogP contribution in [0.5, 0.6) is 11.5 Å². The van der Waals surface area contributed by atoms with Gasteiger partial charge in [0.05, 0.1) is 11.1 Å². The summed E-state index contributed by atoms with van der Waals surface area (Å²) < 4.78 is 33.7. The molecule has 6 nitrogen and oxygen atoms in total. The van der Waals surface area contributed by atoms with Crippen molar-refractivity contribution < 1.29 is 18.3 Å². The van der Waals surface area contributed by atoms with E-state index < -0.39 is 23.4 Å². The van der Waals surface area contributed by atoms with E-state index in [1.165, 1.54) is 25.2 Å². The van der Waals surface area contributed by atoms with Crippen LogP contribution in [-0.4, -0.2) is 23.8 Å². The van der Waals surface area contributed by atoms with Crippen LogP contribution in [0.3, 0.4) is 0 Å². The number of rotatable bonds is 4. The molecule has 1 heterocycles. The van der Waals surface area contributed by atoms with Crippen LogP contribution in [0.2, 0.25) is 0 Å². The van der Waals surface area contributed by atoms with Gasteiger partial charge in [-0.3, -0.25) is 10.2 Å². The highest BCUT2D eigenvalue weighted by molar-refractivity contribution is 6.09. The summed E-state index contributed by atoms with van der Waals surface area (Å²) in [5, 5.41) is 10.3. The van der Waals surface area contributed by atoms with Crippen molar-refractivity contribution in [2.75, 3.05) is 7.05 Å². The average Bonchev–Trinajstić information content (AvgIpc) is 3.03. The van der Waals surface area contributed by atoms with E-state index in [1.54, 1.807) is 12.3 Å². The summed E-state index contributed by atoms with van der Waals surface area (Å²) >= 11 is 0. The lowest BCUT2D eigenvalue weighted by Gasteiger charge is -2.13. The molecule has 8 heteroatoms. The van der Waals surface area contributed by atoms with Crippen molar-refractivity contribution in [2.45, 2.75) is 0 Å². The summed E-state index contributed by atoms with van der Waals surface area (Å²) in [6.07, 6.45) is 1.58. The fraction of sp³-hybridized carbons (Fsp3) is 0.0588. The molecule has 0 atom stereocenters. The lowest BCUT2D eigenvalue weighted by atomic mass is 10.1. The highest BCUT2D eigenvalue weighted by Crippen LogP contribution is 2.34. The molecule has 0 fully saturated rings. The molecule has 128 valence electrons. The Balaban J connectivity index is 2.16. The SMILES string of the molecule is CNC(=O)c1c(Oc2ccc(F)c(C(=N)N)c2)c(F)cc2[nH]ccc12. The number of benzene rings is 2. The van der Waals surface area contributed by atoms with Crippen molar-refractivity contribution in [2.24, 2.45) is 5.73 Å². The van der Waals surface area contributed by atoms with Crippen molar-refractivity contribution in [3.05, 3.63) is 59.3 Å². The summed E-state index contributed by atoms with van der Waals surface area (Å²) in [6.45, 7) is 0. The Hall–Kier alpha value is -3.42. The van der Waals surface area contributed by atoms with Crippen LogP contribution in [0, 0.1) is 17.0 Å². The van der Waals surface area contributed by atoms with Gasteiger partial charge in [0.2, 0.25) is 0 Å². The fourth-order valence-electron chi connectivity index (χ4n) is 2.50. The van der Waals surface area contributed by atoms with Gasteiger partial charge in [-0.25, -0.2) is 8.78 Å². The predicted octanol–water partition coefficient (Wildman–Crippen LogP) is 2.88. The number of carbonyl (C=O) groups is 1. The van der Waals surface area contributed by atoms with E-state index in [9.17, 15) is 13.6 Å². The van der Waals surface area contributed by atoms with Gasteiger partial charge in [0, 0.05) is 30.2 Å². The first-order valence-corrected chi connectivity index (χ1v) is 7.26. The van der Waals surface area contributed by atoms with E-state index >= 15 is 0 Å². The molecule has 0 spiro atoms. The number of nitrogens with one attached hydrogen (secondary N) is 3. The lowest BCUT2D eigenvalue weighted by molar-refractivity contribution is 0.0962. The van der Waals surface area contributed by atoms with Crippen LogP contribution in [-0.2, 0) is 0 Å². The second-order valence-corrected chi connectivity index (χ2v) is 5.24. The molecule has 1 aromatic heterocycles. The smallest absolute Gasteiger partial charge is 0.255 e. The van der Waals surface area contributed by atoms with E-state index in [2.05, 4.69) is 10.3 Å². The largest absolute Gasteiger partial charge is 0.453 e. The van der Waals surface area contributed by atoms with Gasteiger partial charge in [0.25, 0.3) is 5.91 Å². The van der Waals surface area contributed by atoms with Gasteiger partial charge in [-0.2, -0.15) is 0 Å². The molecule has 0 aliphatic carbocycles. The third-order valence-electron chi connectivity index (χ3n) is 3.67. The van der Waals surface area contributed by atoms with Crippen molar-refractivity contribution in [3.63, 3.8) is 0 Å². The van der Waals surface area contributed by atoms with Gasteiger partial charge in [0.1, 0.15) is 17.4 Å². The Bertz CT molecular complexity index is 998. The highest BCUT2D eigenvalue weighted by Gasteiger charge is 2.22. The van der Waals surface area contributed by atoms with Crippen LogP contribution >= 0.6 is 0 Å². The molecule has 0 aliphatic heterocycles. The number of carbonyl (C=O) groups excluding carboxylic acids is 1. The molecule has 0 aliphatic rings. The van der Waals surface area contributed by atoms with Crippen LogP contribution in [0.1, 0.15) is 15.9 Å². The second-order valence-electron chi connectivity index (χ2n) is 5.24. The van der Waals surface area contributed by atoms with Gasteiger partial charge in [-0.05, 0) is 24.3 Å². The number of amides is 1. The molecule has 0 radical (unpaired) electrons. The van der Waals surface area contributed by atoms with Gasteiger partial charge >= 0.3 is 0 Å². The zero-order valence-corrected chi connectivity index (χ0v) is 13.1. The summed E-state index contributed by atoms with van der Waals surface area (Å²) in [4.78, 5) is 15.1. The number of fused-ring (bicyclic) bond motifs is 1. The van der Waals surface area contributed by atoms with Gasteiger partial charge < -0.3 is 20.8 Å². The number of halogens is 2. The fourth-order valence-corrected chi connectivity index (χ4v) is 2.50. The van der Waals surface area contributed by atoms with Crippen molar-refractivity contribution in [1.82, 2.24) is 10.3 Å². The minimum Gasteiger partial charge on any atom is -0.453 e. The molecule has 2 aromatic carbocycles. The maximum atomic E-state index is 14.5. The van der Waals surface area contributed by atoms with Gasteiger partial charge in [0.15, 0.2) is 11.6 Å². The Morgan fingerprint density at radius 1 is 1.24 bits per heavy atom. The Morgan fingerprint density at radius 3 is 2.68 bits per heavy atom. The van der Waals surface area contributed by atoms with Crippen LogP contribution < -0.4 is 15.8 Å². The Labute approximate surface area is 141 Å². The number of aromatic nitrogens is 1. The number of ether oxygens (including phenoxy) is 1. The third-order valence-corrected chi connectivity index (χ3v) is 3.67. The third kappa shape index (κ3) is 2.89. The van der Waals surface area contributed by atoms with Crippen molar-refractivity contribution in [1.29, 1.82) is 5.41 Å². The van der Waals surface area contributed by atoms with Crippen molar-refractivity contribution >= 4 is 22.6 Å². The van der Waals surface area contributed by atoms with Gasteiger partial charge in [-0.15, -0.1) is 0 Å². The normalized spacial score (nSPS) is 10.7. The monoisotopic (exact) mass is 344 g/mol. The van der Waals surface area contributed by atoms with E-state index in [4.69, 9.17) is 15.9 Å². The molecule has 3 aromatic rings. The van der Waals surface area contributed by atoms with Gasteiger partial charge in [-0.1, -0.05) is 0 Å². The van der Waals surface area contributed by atoms with E-state index in [-0.39, 0.29) is 22.6 Å². The molecular formula is C17H14F2N4O2. The molecule has 0 bridgehead atoms. The summed E-state index contributed by atoms with van der Waals surface area (Å²) in [6, 6.07) is 6.31. The number of aromatic amines is 1. The molecular weight excluding hydrogens is 330 g/mol. The molecule has 0 unspecified atom stereocenters. The van der Waals surface area contributed by atoms with E-state index in [1.807, 2.05) is 0 Å². The number of amidine groups is 1. The molecule has 0 saturated carbocycles. The quantitative estimate of drug-likeness (QED) is 0.432. The standard InChI is InChI=1S/C17H14F2N4O2/c1-22-17(24)14-9-4-5-23-13(9)7-12(19)15(14)25-8-2-3-11(18)10(6-8)16(20)21/h2-7,23H,1H3,(H3,20,21)(H,22,24). The van der Waals surface area contributed by atoms with Crippen LogP contribution in [0.4, 0.5) is 8.78 Å². The van der Waals surface area contributed by atoms with Crippen molar-refractivity contribution in [3.8, 4) is 11.5 Å². The number of H-pyrrole nitrogens is 1. The molecule has 3 rings (SSSR count). The molecule has 1 amide bonds. The van der Waals surface area contributed by atoms with Crippen LogP contribution in [0.25, 0.3) is 10.9 Å². The number of hydrogen-bond acceptors (Lipinski definition) is 3. The van der Waals surface area contributed by atoms with E-state index in [0.29, 0.717) is 10.9 Å². The minimum absolute atomic E-state index is 0.00690. The zero-order chi connectivity index (χ0) is 18.1. The first kappa shape index (κ1) is 16.4. The first-order valence-electron chi connectivity index (χ1n) is 7.26. The Morgan fingerprint density at radius 2 is 2.00 bits per heavy atom. The summed E-state index contributed by atoms with van der Waals surface area (Å²) in [5.74, 6) is -2.74. The molecule has 25 heavy (non-hydrogen) atoms. The maximum Gasteiger partial charge on any atom is 0.255 e. The topological polar surface area (TPSA) is 104 Å². The molecule has 0 saturated heterocycles. The summed E-state index contributed by atoms with van der Waals surface area (Å²) in [5.41, 5.74) is 5.58. The minimum atomic E-state index is -0.762. The van der Waals surface area contributed by atoms with E-state index in [0.717, 1.165) is 6.07 Å². The highest BCUT2D eigenvalue weighted by atomic mass is 19.1. The average molecular weight is 344 g/mol. The molecule has 5 N–H and O–H groups in total. The lowest BCUT2D eigenvalue weighted by Crippen LogP contribution is -2.19. The predicted molar refractivity (Wildman–Crippen MR) is 89.1 cm³/mol. The Kier molecular flexibility index (Phi) is 4.10. The number of nitrogen functional groups attached to an aromatic ring is 1. The first-order chi connectivity index (χ1) is 11.9. The van der Waals surface area contributed by atoms with Crippen LogP contribution in [0.15, 0.2) is 36.5 Å². The summed E-state index contributed by atoms with van der Waals surface area (Å²) in [7, 11) is 1.42. The number of hydrogen-bond donors (Lipinski definition) is 4. The maximum absolute atomic E-state index is 14.5.